The topological polar surface area (TPSA) is 82.3 Å². The number of benzene rings is 3. The molecule has 0 saturated carbocycles. The van der Waals surface area contributed by atoms with Crippen molar-refractivity contribution in [1.82, 2.24) is 34.5 Å². The summed E-state index contributed by atoms with van der Waals surface area (Å²) >= 11 is 0. The molecule has 0 amide bonds. The molecule has 0 spiro atoms. The van der Waals surface area contributed by atoms with Crippen molar-refractivity contribution in [1.29, 1.82) is 0 Å². The van der Waals surface area contributed by atoms with Gasteiger partial charge in [0.05, 0.1) is 16.7 Å². The highest BCUT2D eigenvalue weighted by atomic mass is 15.0. The first-order valence-electron chi connectivity index (χ1n) is 11.9. The monoisotopic (exact) mass is 471 g/mol. The van der Waals surface area contributed by atoms with Gasteiger partial charge in [0.1, 0.15) is 23.3 Å². The van der Waals surface area contributed by atoms with E-state index in [2.05, 4.69) is 92.1 Å². The molecule has 6 rings (SSSR count). The molecule has 0 aliphatic carbocycles. The Hall–Kier alpha value is -4.52. The highest BCUT2D eigenvalue weighted by Crippen LogP contribution is 2.37. The molecule has 36 heavy (non-hydrogen) atoms. The number of fused-ring (bicyclic) bond motifs is 3. The number of para-hydroxylation sites is 1. The summed E-state index contributed by atoms with van der Waals surface area (Å²) in [6, 6.07) is 21.3. The second-order valence-corrected chi connectivity index (χ2v) is 9.11. The number of hydrogen-bond acceptors (Lipinski definition) is 6. The van der Waals surface area contributed by atoms with E-state index >= 15 is 0 Å². The molecule has 0 aliphatic rings. The van der Waals surface area contributed by atoms with Crippen LogP contribution in [0.15, 0.2) is 60.7 Å². The largest absolute Gasteiger partial charge is 0.309 e. The maximum atomic E-state index is 4.73. The molecule has 0 atom stereocenters. The summed E-state index contributed by atoms with van der Waals surface area (Å²) in [5.41, 5.74) is 6.24. The van der Waals surface area contributed by atoms with Crippen LogP contribution in [0.1, 0.15) is 28.9 Å². The number of aromatic nitrogens is 7. The zero-order valence-corrected chi connectivity index (χ0v) is 20.9. The summed E-state index contributed by atoms with van der Waals surface area (Å²) in [4.78, 5) is 27.4. The number of nitrogens with zero attached hydrogens (tertiary/aromatic N) is 7. The summed E-state index contributed by atoms with van der Waals surface area (Å²) in [5, 5.41) is 2.42. The van der Waals surface area contributed by atoms with Crippen LogP contribution in [0.2, 0.25) is 0 Å². The molecule has 0 saturated heterocycles. The van der Waals surface area contributed by atoms with Gasteiger partial charge in [0.2, 0.25) is 0 Å². The number of aryl methyl sites for hydroxylation is 5. The first-order valence-corrected chi connectivity index (χ1v) is 11.9. The molecule has 7 nitrogen and oxygen atoms in total. The highest BCUT2D eigenvalue weighted by Gasteiger charge is 2.19. The van der Waals surface area contributed by atoms with Crippen LogP contribution in [0.4, 0.5) is 0 Å². The Morgan fingerprint density at radius 2 is 1.14 bits per heavy atom. The quantitative estimate of drug-likeness (QED) is 0.313. The second kappa shape index (κ2) is 8.30. The zero-order chi connectivity index (χ0) is 25.0. The van der Waals surface area contributed by atoms with Crippen LogP contribution < -0.4 is 0 Å². The van der Waals surface area contributed by atoms with Gasteiger partial charge in [0.25, 0.3) is 0 Å². The Bertz CT molecular complexity index is 1760. The van der Waals surface area contributed by atoms with E-state index in [1.54, 1.807) is 0 Å². The molecule has 0 aliphatic heterocycles. The molecule has 0 unspecified atom stereocenters. The van der Waals surface area contributed by atoms with Crippen LogP contribution in [0.5, 0.6) is 0 Å². The van der Waals surface area contributed by atoms with Gasteiger partial charge < -0.3 is 4.57 Å². The molecular weight excluding hydrogens is 446 g/mol. The summed E-state index contributed by atoms with van der Waals surface area (Å²) in [6.07, 6.45) is 0. The van der Waals surface area contributed by atoms with Crippen LogP contribution in [-0.4, -0.2) is 34.5 Å². The number of rotatable bonds is 3. The fourth-order valence-electron chi connectivity index (χ4n) is 4.88. The highest BCUT2D eigenvalue weighted by molar-refractivity contribution is 6.10. The number of hydrogen-bond donors (Lipinski definition) is 0. The molecule has 7 heteroatoms. The summed E-state index contributed by atoms with van der Waals surface area (Å²) in [6.45, 7) is 9.67. The van der Waals surface area contributed by atoms with Gasteiger partial charge in [-0.15, -0.1) is 0 Å². The third kappa shape index (κ3) is 3.69. The van der Waals surface area contributed by atoms with Gasteiger partial charge in [-0.1, -0.05) is 29.8 Å². The molecule has 0 radical (unpaired) electrons. The minimum absolute atomic E-state index is 0.623. The van der Waals surface area contributed by atoms with Crippen molar-refractivity contribution in [3.63, 3.8) is 0 Å². The van der Waals surface area contributed by atoms with Gasteiger partial charge in [0.15, 0.2) is 11.6 Å². The molecule has 0 bridgehead atoms. The Labute approximate surface area is 209 Å². The van der Waals surface area contributed by atoms with Gasteiger partial charge in [-0.2, -0.15) is 0 Å². The van der Waals surface area contributed by atoms with E-state index in [0.29, 0.717) is 34.9 Å². The molecule has 6 aromatic rings. The molecule has 3 aromatic carbocycles. The first-order chi connectivity index (χ1) is 17.4. The van der Waals surface area contributed by atoms with E-state index in [-0.39, 0.29) is 0 Å². The minimum atomic E-state index is 0.623. The maximum Gasteiger partial charge on any atom is 0.165 e. The van der Waals surface area contributed by atoms with E-state index < -0.39 is 0 Å². The van der Waals surface area contributed by atoms with Crippen LogP contribution in [0.25, 0.3) is 50.3 Å². The van der Waals surface area contributed by atoms with Crippen molar-refractivity contribution in [3.8, 4) is 28.5 Å². The lowest BCUT2D eigenvalue weighted by atomic mass is 10.1. The van der Waals surface area contributed by atoms with Crippen LogP contribution in [0.3, 0.4) is 0 Å². The van der Waals surface area contributed by atoms with Gasteiger partial charge in [-0.3, -0.25) is 0 Å². The smallest absolute Gasteiger partial charge is 0.165 e. The van der Waals surface area contributed by atoms with Crippen molar-refractivity contribution in [3.05, 3.63) is 89.5 Å². The normalized spacial score (nSPS) is 11.5. The van der Waals surface area contributed by atoms with Gasteiger partial charge in [0, 0.05) is 21.9 Å². The molecule has 3 heterocycles. The summed E-state index contributed by atoms with van der Waals surface area (Å²) < 4.78 is 2.29. The average molecular weight is 472 g/mol. The Morgan fingerprint density at radius 1 is 0.528 bits per heavy atom. The third-order valence-electron chi connectivity index (χ3n) is 6.28. The lowest BCUT2D eigenvalue weighted by Crippen LogP contribution is -2.04. The summed E-state index contributed by atoms with van der Waals surface area (Å²) in [5.74, 6) is 3.99. The van der Waals surface area contributed by atoms with Crippen molar-refractivity contribution in [2.75, 3.05) is 0 Å². The van der Waals surface area contributed by atoms with Crippen LogP contribution >= 0.6 is 0 Å². The van der Waals surface area contributed by atoms with Gasteiger partial charge in [-0.05, 0) is 71.0 Å². The average Bonchev–Trinajstić information content (AvgIpc) is 3.16. The van der Waals surface area contributed by atoms with Crippen LogP contribution in [-0.2, 0) is 0 Å². The fourth-order valence-corrected chi connectivity index (χ4v) is 4.88. The predicted octanol–water partition coefficient (Wildman–Crippen LogP) is 6.03. The SMILES string of the molecule is Cc1ccc2c(c1)c1ccccc1n2-c1ccc(-c2nc(C)nc(C)n2)cc1-c1nc(C)nc(C)n1. The van der Waals surface area contributed by atoms with E-state index in [4.69, 9.17) is 9.97 Å². The summed E-state index contributed by atoms with van der Waals surface area (Å²) in [7, 11) is 0. The second-order valence-electron chi connectivity index (χ2n) is 9.11. The minimum Gasteiger partial charge on any atom is -0.309 e. The lowest BCUT2D eigenvalue weighted by Gasteiger charge is -2.15. The zero-order valence-electron chi connectivity index (χ0n) is 20.9. The van der Waals surface area contributed by atoms with E-state index in [9.17, 15) is 0 Å². The lowest BCUT2D eigenvalue weighted by molar-refractivity contribution is 0.924. The molecule has 176 valence electrons. The van der Waals surface area contributed by atoms with Crippen molar-refractivity contribution in [2.24, 2.45) is 0 Å². The van der Waals surface area contributed by atoms with E-state index in [0.717, 1.165) is 27.8 Å². The van der Waals surface area contributed by atoms with Gasteiger partial charge in [-0.25, -0.2) is 29.9 Å². The Morgan fingerprint density at radius 3 is 1.83 bits per heavy atom. The standard InChI is InChI=1S/C29H25N7/c1-16-10-12-26-23(14-16)22-8-6-7-9-25(22)36(26)27-13-11-21(28-32-17(2)30-18(3)33-28)15-24(27)29-34-19(4)31-20(5)35-29/h6-15H,1-5H3. The Balaban J connectivity index is 1.70. The van der Waals surface area contributed by atoms with E-state index in [1.165, 1.54) is 16.3 Å². The molecular formula is C29H25N7. The first kappa shape index (κ1) is 22.0. The molecule has 0 N–H and O–H groups in total. The predicted molar refractivity (Wildman–Crippen MR) is 142 cm³/mol. The van der Waals surface area contributed by atoms with Crippen molar-refractivity contribution >= 4 is 21.8 Å². The van der Waals surface area contributed by atoms with Crippen LogP contribution in [0, 0.1) is 34.6 Å². The van der Waals surface area contributed by atoms with E-state index in [1.807, 2.05) is 27.7 Å². The Kier molecular flexibility index (Phi) is 5.07. The molecule has 3 aromatic heterocycles. The van der Waals surface area contributed by atoms with Crippen molar-refractivity contribution < 1.29 is 0 Å². The van der Waals surface area contributed by atoms with Crippen molar-refractivity contribution in [2.45, 2.75) is 34.6 Å². The molecule has 0 fully saturated rings. The maximum absolute atomic E-state index is 4.73. The van der Waals surface area contributed by atoms with Gasteiger partial charge >= 0.3 is 0 Å². The third-order valence-corrected chi connectivity index (χ3v) is 6.28. The fraction of sp³-hybridized carbons (Fsp3) is 0.172.